The van der Waals surface area contributed by atoms with Crippen LogP contribution in [0.25, 0.3) is 0 Å². The highest BCUT2D eigenvalue weighted by Gasteiger charge is 2.35. The molecule has 2 aromatic carbocycles. The van der Waals surface area contributed by atoms with Gasteiger partial charge in [-0.3, -0.25) is 9.48 Å². The number of carbonyl (C=O) groups is 1. The van der Waals surface area contributed by atoms with Crippen LogP contribution < -0.4 is 10.2 Å². The van der Waals surface area contributed by atoms with E-state index in [1.807, 2.05) is 37.4 Å². The summed E-state index contributed by atoms with van der Waals surface area (Å²) in [5.41, 5.74) is 4.20. The number of anilines is 2. The van der Waals surface area contributed by atoms with Crippen LogP contribution >= 0.6 is 11.8 Å². The predicted molar refractivity (Wildman–Crippen MR) is 141 cm³/mol. The van der Waals surface area contributed by atoms with Crippen LogP contribution in [0.4, 0.5) is 11.4 Å². The number of carbonyl (C=O) groups excluding carboxylic acids is 1. The van der Waals surface area contributed by atoms with Crippen LogP contribution in [0.2, 0.25) is 0 Å². The van der Waals surface area contributed by atoms with Crippen molar-refractivity contribution >= 4 is 39.1 Å². The molecule has 2 heterocycles. The van der Waals surface area contributed by atoms with E-state index in [-0.39, 0.29) is 10.6 Å². The number of hydrogen-bond donors (Lipinski definition) is 1. The van der Waals surface area contributed by atoms with Gasteiger partial charge in [0.15, 0.2) is 0 Å². The second kappa shape index (κ2) is 10.4. The van der Waals surface area contributed by atoms with Crippen LogP contribution in [-0.2, 0) is 16.6 Å². The fraction of sp³-hybridized carbons (Fsp3) is 0.360. The van der Waals surface area contributed by atoms with E-state index in [9.17, 15) is 13.2 Å². The van der Waals surface area contributed by atoms with E-state index in [4.69, 9.17) is 0 Å². The molecule has 0 bridgehead atoms. The summed E-state index contributed by atoms with van der Waals surface area (Å²) in [5, 5.41) is 6.92. The van der Waals surface area contributed by atoms with Crippen LogP contribution in [0.5, 0.6) is 0 Å². The minimum absolute atomic E-state index is 0.0540. The Labute approximate surface area is 211 Å². The van der Waals surface area contributed by atoms with Crippen molar-refractivity contribution in [3.63, 3.8) is 0 Å². The van der Waals surface area contributed by atoms with Gasteiger partial charge < -0.3 is 10.2 Å². The third-order valence-electron chi connectivity index (χ3n) is 6.36. The third-order valence-corrected chi connectivity index (χ3v) is 8.92. The first-order chi connectivity index (χ1) is 16.7. The fourth-order valence-electron chi connectivity index (χ4n) is 4.18. The Morgan fingerprint density at radius 1 is 1.09 bits per heavy atom. The first-order valence-corrected chi connectivity index (χ1v) is 14.2. The van der Waals surface area contributed by atoms with Gasteiger partial charge in [0.1, 0.15) is 0 Å². The molecule has 186 valence electrons. The zero-order chi connectivity index (χ0) is 25.2. The lowest BCUT2D eigenvalue weighted by Crippen LogP contribution is -2.49. The molecule has 1 aliphatic rings. The molecular weight excluding hydrogens is 482 g/mol. The van der Waals surface area contributed by atoms with E-state index in [0.717, 1.165) is 10.6 Å². The summed E-state index contributed by atoms with van der Waals surface area (Å²) in [5.74, 6) is -0.490. The standard InChI is InChI=1S/C25H31N5O3S2/c1-5-29-17-22(24(31)26-20-9-7-10-21(16-20)34-4)25(27-29)35(32,33)30-14-12-28(13-15-30)23-11-6-8-18(2)19(23)3/h6-11,16-17H,5,12-15H2,1-4H3,(H,26,31). The molecule has 1 saturated heterocycles. The Kier molecular flexibility index (Phi) is 7.53. The quantitative estimate of drug-likeness (QED) is 0.481. The monoisotopic (exact) mass is 513 g/mol. The molecule has 0 unspecified atom stereocenters. The Morgan fingerprint density at radius 3 is 2.49 bits per heavy atom. The summed E-state index contributed by atoms with van der Waals surface area (Å²) in [6.45, 7) is 8.27. The maximum Gasteiger partial charge on any atom is 0.263 e. The Hall–Kier alpha value is -2.82. The lowest BCUT2D eigenvalue weighted by molar-refractivity contribution is 0.102. The molecule has 0 radical (unpaired) electrons. The molecule has 1 N–H and O–H groups in total. The molecule has 1 aliphatic heterocycles. The van der Waals surface area contributed by atoms with E-state index in [2.05, 4.69) is 41.3 Å². The van der Waals surface area contributed by atoms with Crippen molar-refractivity contribution in [3.8, 4) is 0 Å². The molecule has 8 nitrogen and oxygen atoms in total. The first kappa shape index (κ1) is 25.3. The SMILES string of the molecule is CCn1cc(C(=O)Nc2cccc(SC)c2)c(S(=O)(=O)N2CCN(c3cccc(C)c3C)CC2)n1. The van der Waals surface area contributed by atoms with Gasteiger partial charge in [0.05, 0.1) is 5.56 Å². The van der Waals surface area contributed by atoms with Crippen LogP contribution in [-0.4, -0.2) is 60.8 Å². The first-order valence-electron chi connectivity index (χ1n) is 11.6. The van der Waals surface area contributed by atoms with Gasteiger partial charge in [-0.1, -0.05) is 18.2 Å². The number of rotatable bonds is 7. The molecule has 4 rings (SSSR count). The van der Waals surface area contributed by atoms with Crippen molar-refractivity contribution in [2.75, 3.05) is 42.7 Å². The smallest absolute Gasteiger partial charge is 0.263 e. The number of benzene rings is 2. The highest BCUT2D eigenvalue weighted by atomic mass is 32.2. The van der Waals surface area contributed by atoms with Gasteiger partial charge in [-0.25, -0.2) is 8.42 Å². The second-order valence-electron chi connectivity index (χ2n) is 8.50. The van der Waals surface area contributed by atoms with Gasteiger partial charge in [-0.05, 0) is 62.4 Å². The molecule has 10 heteroatoms. The Morgan fingerprint density at radius 2 is 1.80 bits per heavy atom. The molecule has 35 heavy (non-hydrogen) atoms. The minimum Gasteiger partial charge on any atom is -0.369 e. The molecule has 1 aromatic heterocycles. The Bertz CT molecular complexity index is 1330. The summed E-state index contributed by atoms with van der Waals surface area (Å²) in [6, 6.07) is 13.6. The van der Waals surface area contributed by atoms with E-state index < -0.39 is 15.9 Å². The molecule has 3 aromatic rings. The predicted octanol–water partition coefficient (Wildman–Crippen LogP) is 4.00. The average molecular weight is 514 g/mol. The molecule has 1 fully saturated rings. The lowest BCUT2D eigenvalue weighted by atomic mass is 10.1. The van der Waals surface area contributed by atoms with E-state index in [0.29, 0.717) is 38.4 Å². The molecular formula is C25H31N5O3S2. The van der Waals surface area contributed by atoms with Crippen LogP contribution in [0.15, 0.2) is 58.6 Å². The maximum absolute atomic E-state index is 13.6. The van der Waals surface area contributed by atoms with Crippen molar-refractivity contribution in [2.24, 2.45) is 0 Å². The number of thioether (sulfide) groups is 1. The number of aryl methyl sites for hydroxylation is 2. The van der Waals surface area contributed by atoms with Gasteiger partial charge in [0.25, 0.3) is 15.9 Å². The number of piperazine rings is 1. The summed E-state index contributed by atoms with van der Waals surface area (Å²) < 4.78 is 30.1. The number of sulfonamides is 1. The van der Waals surface area contributed by atoms with Crippen LogP contribution in [0.1, 0.15) is 28.4 Å². The highest BCUT2D eigenvalue weighted by Crippen LogP contribution is 2.27. The molecule has 0 saturated carbocycles. The Balaban J connectivity index is 1.55. The van der Waals surface area contributed by atoms with Gasteiger partial charge in [-0.2, -0.15) is 9.40 Å². The largest absolute Gasteiger partial charge is 0.369 e. The van der Waals surface area contributed by atoms with E-state index in [1.165, 1.54) is 26.3 Å². The van der Waals surface area contributed by atoms with Crippen molar-refractivity contribution in [1.82, 2.24) is 14.1 Å². The lowest BCUT2D eigenvalue weighted by Gasteiger charge is -2.36. The van der Waals surface area contributed by atoms with Gasteiger partial charge in [0.2, 0.25) is 5.03 Å². The molecule has 0 atom stereocenters. The van der Waals surface area contributed by atoms with Crippen molar-refractivity contribution < 1.29 is 13.2 Å². The second-order valence-corrected chi connectivity index (χ2v) is 11.2. The maximum atomic E-state index is 13.6. The number of hydrogen-bond acceptors (Lipinski definition) is 6. The normalized spacial score (nSPS) is 14.8. The van der Waals surface area contributed by atoms with Crippen molar-refractivity contribution in [2.45, 2.75) is 37.2 Å². The zero-order valence-corrected chi connectivity index (χ0v) is 22.1. The molecule has 0 aliphatic carbocycles. The van der Waals surface area contributed by atoms with Crippen LogP contribution in [0, 0.1) is 13.8 Å². The van der Waals surface area contributed by atoms with Crippen molar-refractivity contribution in [3.05, 3.63) is 65.4 Å². The van der Waals surface area contributed by atoms with Gasteiger partial charge in [-0.15, -0.1) is 11.8 Å². The number of nitrogens with one attached hydrogen (secondary N) is 1. The minimum atomic E-state index is -3.95. The van der Waals surface area contributed by atoms with Gasteiger partial charge in [0, 0.05) is 55.2 Å². The molecule has 0 spiro atoms. The topological polar surface area (TPSA) is 87.5 Å². The average Bonchev–Trinajstić information content (AvgIpc) is 3.32. The summed E-state index contributed by atoms with van der Waals surface area (Å²) in [7, 11) is -3.95. The number of aromatic nitrogens is 2. The number of amides is 1. The summed E-state index contributed by atoms with van der Waals surface area (Å²) in [6.07, 6.45) is 3.46. The van der Waals surface area contributed by atoms with Crippen molar-refractivity contribution in [1.29, 1.82) is 0 Å². The summed E-state index contributed by atoms with van der Waals surface area (Å²) >= 11 is 1.57. The van der Waals surface area contributed by atoms with Crippen LogP contribution in [0.3, 0.4) is 0 Å². The van der Waals surface area contributed by atoms with Gasteiger partial charge >= 0.3 is 0 Å². The summed E-state index contributed by atoms with van der Waals surface area (Å²) in [4.78, 5) is 16.4. The third kappa shape index (κ3) is 5.24. The van der Waals surface area contributed by atoms with E-state index >= 15 is 0 Å². The highest BCUT2D eigenvalue weighted by molar-refractivity contribution is 7.98. The molecule has 1 amide bonds. The van der Waals surface area contributed by atoms with E-state index in [1.54, 1.807) is 17.8 Å². The zero-order valence-electron chi connectivity index (χ0n) is 20.5. The number of nitrogens with zero attached hydrogens (tertiary/aromatic N) is 4. The fourth-order valence-corrected chi connectivity index (χ4v) is 6.16.